The number of anilines is 1. The topological polar surface area (TPSA) is 29.3 Å². The van der Waals surface area contributed by atoms with Crippen molar-refractivity contribution in [2.45, 2.75) is 38.6 Å². The fourth-order valence-corrected chi connectivity index (χ4v) is 3.36. The van der Waals surface area contributed by atoms with E-state index in [0.717, 1.165) is 22.7 Å². The molecule has 3 aromatic rings. The average Bonchev–Trinajstić information content (AvgIpc) is 3.17. The molecule has 0 atom stereocenters. The highest BCUT2D eigenvalue weighted by Crippen LogP contribution is 2.32. The van der Waals surface area contributed by atoms with Gasteiger partial charge in [-0.25, -0.2) is 9.37 Å². The number of hydrogen-bond donors (Lipinski definition) is 1. The van der Waals surface area contributed by atoms with Crippen LogP contribution in [0.1, 0.15) is 31.2 Å². The Kier molecular flexibility index (Phi) is 3.52. The predicted octanol–water partition coefficient (Wildman–Crippen LogP) is 4.80. The van der Waals surface area contributed by atoms with Crippen molar-refractivity contribution in [2.24, 2.45) is 0 Å². The number of aromatic nitrogens is 2. The minimum Gasteiger partial charge on any atom is -0.367 e. The van der Waals surface area contributed by atoms with Crippen molar-refractivity contribution in [1.82, 2.24) is 9.38 Å². The van der Waals surface area contributed by atoms with E-state index in [4.69, 9.17) is 4.98 Å². The van der Waals surface area contributed by atoms with E-state index in [9.17, 15) is 4.39 Å². The van der Waals surface area contributed by atoms with Gasteiger partial charge in [0.05, 0.1) is 0 Å². The van der Waals surface area contributed by atoms with Crippen LogP contribution in [0.3, 0.4) is 0 Å². The molecule has 2 heterocycles. The second kappa shape index (κ2) is 5.69. The molecule has 4 heteroatoms. The Hall–Kier alpha value is -2.36. The van der Waals surface area contributed by atoms with Crippen LogP contribution in [0.5, 0.6) is 0 Å². The van der Waals surface area contributed by atoms with E-state index in [-0.39, 0.29) is 5.82 Å². The number of fused-ring (bicyclic) bond motifs is 1. The highest BCUT2D eigenvalue weighted by Gasteiger charge is 2.20. The molecule has 0 radical (unpaired) electrons. The number of nitrogens with one attached hydrogen (secondary N) is 1. The van der Waals surface area contributed by atoms with Crippen LogP contribution in [0.4, 0.5) is 10.2 Å². The third-order valence-corrected chi connectivity index (χ3v) is 4.60. The summed E-state index contributed by atoms with van der Waals surface area (Å²) in [5, 5.41) is 3.67. The molecule has 1 aromatic carbocycles. The lowest BCUT2D eigenvalue weighted by atomic mass is 10.1. The second-order valence-corrected chi connectivity index (χ2v) is 6.37. The zero-order chi connectivity index (χ0) is 15.8. The molecule has 23 heavy (non-hydrogen) atoms. The first-order valence-electron chi connectivity index (χ1n) is 8.22. The van der Waals surface area contributed by atoms with Gasteiger partial charge in [0.2, 0.25) is 0 Å². The Morgan fingerprint density at radius 2 is 1.87 bits per heavy atom. The molecular weight excluding hydrogens is 289 g/mol. The van der Waals surface area contributed by atoms with E-state index in [1.807, 2.05) is 0 Å². The maximum Gasteiger partial charge on any atom is 0.139 e. The van der Waals surface area contributed by atoms with Crippen LogP contribution in [-0.2, 0) is 0 Å². The third-order valence-electron chi connectivity index (χ3n) is 4.60. The van der Waals surface area contributed by atoms with Gasteiger partial charge in [-0.3, -0.25) is 4.40 Å². The third kappa shape index (κ3) is 2.69. The molecule has 0 aliphatic heterocycles. The van der Waals surface area contributed by atoms with Gasteiger partial charge in [0.15, 0.2) is 0 Å². The number of hydrogen-bond acceptors (Lipinski definition) is 2. The molecule has 1 fully saturated rings. The monoisotopic (exact) mass is 309 g/mol. The van der Waals surface area contributed by atoms with E-state index in [1.54, 1.807) is 12.1 Å². The summed E-state index contributed by atoms with van der Waals surface area (Å²) < 4.78 is 15.3. The quantitative estimate of drug-likeness (QED) is 0.753. The summed E-state index contributed by atoms with van der Waals surface area (Å²) in [4.78, 5) is 4.79. The summed E-state index contributed by atoms with van der Waals surface area (Å²) in [6.45, 7) is 2.07. The number of halogens is 1. The first-order chi connectivity index (χ1) is 11.2. The molecule has 0 bridgehead atoms. The first-order valence-corrected chi connectivity index (χ1v) is 8.22. The fourth-order valence-electron chi connectivity index (χ4n) is 3.36. The van der Waals surface area contributed by atoms with Crippen LogP contribution >= 0.6 is 0 Å². The lowest BCUT2D eigenvalue weighted by Crippen LogP contribution is -2.16. The lowest BCUT2D eigenvalue weighted by molar-refractivity contribution is 0.628. The Morgan fingerprint density at radius 1 is 1.13 bits per heavy atom. The molecule has 3 nitrogen and oxygen atoms in total. The average molecular weight is 309 g/mol. The van der Waals surface area contributed by atoms with Crippen LogP contribution in [0.25, 0.3) is 16.9 Å². The molecule has 0 saturated heterocycles. The van der Waals surface area contributed by atoms with E-state index in [0.29, 0.717) is 6.04 Å². The molecular formula is C19H20FN3. The molecule has 0 spiro atoms. The number of benzene rings is 1. The number of pyridine rings is 1. The molecule has 0 amide bonds. The Labute approximate surface area is 135 Å². The van der Waals surface area contributed by atoms with Crippen molar-refractivity contribution < 1.29 is 4.39 Å². The van der Waals surface area contributed by atoms with Gasteiger partial charge >= 0.3 is 0 Å². The van der Waals surface area contributed by atoms with Gasteiger partial charge in [-0.15, -0.1) is 0 Å². The van der Waals surface area contributed by atoms with Crippen LogP contribution in [0.2, 0.25) is 0 Å². The SMILES string of the molecule is Cc1ccn2c(NC3CCCC3)c(-c3ccc(F)cc3)nc2c1. The number of aryl methyl sites for hydroxylation is 1. The second-order valence-electron chi connectivity index (χ2n) is 6.37. The summed E-state index contributed by atoms with van der Waals surface area (Å²) in [5.74, 6) is 0.789. The summed E-state index contributed by atoms with van der Waals surface area (Å²) in [7, 11) is 0. The fraction of sp³-hybridized carbons (Fsp3) is 0.316. The van der Waals surface area contributed by atoms with Crippen molar-refractivity contribution in [2.75, 3.05) is 5.32 Å². The van der Waals surface area contributed by atoms with Crippen molar-refractivity contribution in [3.05, 3.63) is 54.0 Å². The Bertz CT molecular complexity index is 830. The van der Waals surface area contributed by atoms with Crippen molar-refractivity contribution in [3.63, 3.8) is 0 Å². The zero-order valence-corrected chi connectivity index (χ0v) is 13.2. The van der Waals surface area contributed by atoms with Crippen molar-refractivity contribution >= 4 is 11.5 Å². The lowest BCUT2D eigenvalue weighted by Gasteiger charge is -2.15. The van der Waals surface area contributed by atoms with Crippen LogP contribution < -0.4 is 5.32 Å². The van der Waals surface area contributed by atoms with Gasteiger partial charge in [0.1, 0.15) is 23.0 Å². The van der Waals surface area contributed by atoms with E-state index >= 15 is 0 Å². The van der Waals surface area contributed by atoms with Gasteiger partial charge in [-0.05, 0) is 61.7 Å². The van der Waals surface area contributed by atoms with E-state index in [1.165, 1.54) is 43.4 Å². The summed E-state index contributed by atoms with van der Waals surface area (Å²) in [6.07, 6.45) is 7.00. The highest BCUT2D eigenvalue weighted by molar-refractivity contribution is 5.76. The molecule has 1 aliphatic carbocycles. The predicted molar refractivity (Wildman–Crippen MR) is 91.2 cm³/mol. The number of nitrogens with zero attached hydrogens (tertiary/aromatic N) is 2. The maximum atomic E-state index is 13.2. The summed E-state index contributed by atoms with van der Waals surface area (Å²) >= 11 is 0. The zero-order valence-electron chi connectivity index (χ0n) is 13.2. The normalized spacial score (nSPS) is 15.4. The minimum atomic E-state index is -0.223. The van der Waals surface area contributed by atoms with E-state index < -0.39 is 0 Å². The van der Waals surface area contributed by atoms with Crippen molar-refractivity contribution in [3.8, 4) is 11.3 Å². The number of imidazole rings is 1. The van der Waals surface area contributed by atoms with Gasteiger partial charge in [0, 0.05) is 17.8 Å². The van der Waals surface area contributed by atoms with Gasteiger partial charge in [-0.1, -0.05) is 12.8 Å². The summed E-state index contributed by atoms with van der Waals surface area (Å²) in [6, 6.07) is 11.2. The number of rotatable bonds is 3. The molecule has 4 rings (SSSR count). The molecule has 2 aromatic heterocycles. The van der Waals surface area contributed by atoms with Crippen LogP contribution in [0.15, 0.2) is 42.6 Å². The molecule has 1 saturated carbocycles. The van der Waals surface area contributed by atoms with Crippen LogP contribution in [-0.4, -0.2) is 15.4 Å². The summed E-state index contributed by atoms with van der Waals surface area (Å²) in [5.41, 5.74) is 3.93. The smallest absolute Gasteiger partial charge is 0.139 e. The molecule has 0 unspecified atom stereocenters. The van der Waals surface area contributed by atoms with E-state index in [2.05, 4.69) is 35.0 Å². The van der Waals surface area contributed by atoms with Gasteiger partial charge in [-0.2, -0.15) is 0 Å². The Balaban J connectivity index is 1.85. The largest absolute Gasteiger partial charge is 0.367 e. The van der Waals surface area contributed by atoms with Crippen LogP contribution in [0, 0.1) is 12.7 Å². The standard InChI is InChI=1S/C19H20FN3/c1-13-10-11-23-17(12-13)22-18(14-6-8-15(20)9-7-14)19(23)21-16-4-2-3-5-16/h6-12,16,21H,2-5H2,1H3. The van der Waals surface area contributed by atoms with Gasteiger partial charge in [0.25, 0.3) is 0 Å². The first kappa shape index (κ1) is 14.2. The maximum absolute atomic E-state index is 13.2. The highest BCUT2D eigenvalue weighted by atomic mass is 19.1. The Morgan fingerprint density at radius 3 is 2.61 bits per heavy atom. The molecule has 118 valence electrons. The molecule has 1 N–H and O–H groups in total. The molecule has 1 aliphatic rings. The minimum absolute atomic E-state index is 0.223. The van der Waals surface area contributed by atoms with Crippen molar-refractivity contribution in [1.29, 1.82) is 0 Å². The van der Waals surface area contributed by atoms with Gasteiger partial charge < -0.3 is 5.32 Å².